The van der Waals surface area contributed by atoms with Crippen LogP contribution >= 0.6 is 0 Å². The number of urea groups is 1. The molecule has 0 radical (unpaired) electrons. The van der Waals surface area contributed by atoms with Crippen molar-refractivity contribution in [1.82, 2.24) is 10.0 Å². The van der Waals surface area contributed by atoms with E-state index in [2.05, 4.69) is 22.7 Å². The van der Waals surface area contributed by atoms with Crippen LogP contribution in [0.2, 0.25) is 0 Å². The van der Waals surface area contributed by atoms with E-state index in [1.165, 1.54) is 5.57 Å². The largest absolute Gasteiger partial charge is 0.381 e. The molecule has 3 rings (SSSR count). The molecule has 2 N–H and O–H groups in total. The molecule has 144 valence electrons. The zero-order valence-electron chi connectivity index (χ0n) is 15.2. The highest BCUT2D eigenvalue weighted by atomic mass is 32.2. The smallest absolute Gasteiger partial charge is 0.332 e. The molecule has 2 aliphatic carbocycles. The van der Waals surface area contributed by atoms with Crippen LogP contribution < -0.4 is 10.0 Å². The number of ether oxygens (including phenoxy) is 1. The van der Waals surface area contributed by atoms with Crippen molar-refractivity contribution in [1.29, 1.82) is 0 Å². The minimum Gasteiger partial charge on any atom is -0.381 e. The molecule has 7 heteroatoms. The number of amides is 2. The van der Waals surface area contributed by atoms with E-state index in [4.69, 9.17) is 4.74 Å². The maximum absolute atomic E-state index is 12.5. The third kappa shape index (κ3) is 4.57. The second-order valence-corrected chi connectivity index (χ2v) is 9.16. The molecule has 6 nitrogen and oxygen atoms in total. The minimum absolute atomic E-state index is 0.410. The summed E-state index contributed by atoms with van der Waals surface area (Å²) in [5.41, 5.74) is 4.00. The van der Waals surface area contributed by atoms with Gasteiger partial charge in [-0.15, -0.1) is 0 Å². The zero-order chi connectivity index (χ0) is 18.6. The van der Waals surface area contributed by atoms with E-state index in [-0.39, 0.29) is 0 Å². The summed E-state index contributed by atoms with van der Waals surface area (Å²) < 4.78 is 32.3. The Morgan fingerprint density at radius 1 is 1.12 bits per heavy atom. The average Bonchev–Trinajstić information content (AvgIpc) is 3.08. The average molecular weight is 381 g/mol. The van der Waals surface area contributed by atoms with Crippen molar-refractivity contribution in [3.8, 4) is 0 Å². The van der Waals surface area contributed by atoms with E-state index in [0.29, 0.717) is 26.1 Å². The van der Waals surface area contributed by atoms with E-state index in [1.54, 1.807) is 0 Å². The Bertz CT molecular complexity index is 731. The van der Waals surface area contributed by atoms with E-state index in [1.807, 2.05) is 0 Å². The SMILES string of the molecule is C=C1CCCC/C=C2/CCC/C2=C/1NC(=O)NS(=O)(=O)C1CCOCC1. The minimum atomic E-state index is -3.71. The Hall–Kier alpha value is -1.60. The maximum Gasteiger partial charge on any atom is 0.332 e. The fourth-order valence-electron chi connectivity index (χ4n) is 3.88. The van der Waals surface area contributed by atoms with Gasteiger partial charge in [0.2, 0.25) is 10.0 Å². The number of carbonyl (C=O) groups is 1. The van der Waals surface area contributed by atoms with Crippen molar-refractivity contribution in [2.24, 2.45) is 0 Å². The second-order valence-electron chi connectivity index (χ2n) is 7.20. The number of sulfonamides is 1. The molecule has 0 unspecified atom stereocenters. The molecule has 0 aromatic carbocycles. The fourth-order valence-corrected chi connectivity index (χ4v) is 5.17. The van der Waals surface area contributed by atoms with Crippen molar-refractivity contribution in [2.75, 3.05) is 13.2 Å². The second kappa shape index (κ2) is 8.39. The number of hydrogen-bond donors (Lipinski definition) is 2. The summed E-state index contributed by atoms with van der Waals surface area (Å²) in [7, 11) is -3.71. The van der Waals surface area contributed by atoms with Crippen LogP contribution in [-0.2, 0) is 14.8 Å². The lowest BCUT2D eigenvalue weighted by atomic mass is 10.0. The van der Waals surface area contributed by atoms with Gasteiger partial charge in [-0.3, -0.25) is 0 Å². The van der Waals surface area contributed by atoms with Gasteiger partial charge in [0.25, 0.3) is 0 Å². The first-order valence-corrected chi connectivity index (χ1v) is 11.0. The molecule has 1 heterocycles. The normalized spacial score (nSPS) is 27.5. The van der Waals surface area contributed by atoms with Gasteiger partial charge in [0, 0.05) is 18.9 Å². The molecule has 1 saturated carbocycles. The van der Waals surface area contributed by atoms with E-state index in [0.717, 1.165) is 61.8 Å². The summed E-state index contributed by atoms with van der Waals surface area (Å²) in [6.07, 6.45) is 10.0. The van der Waals surface area contributed by atoms with Crippen LogP contribution in [0.25, 0.3) is 0 Å². The number of fused-ring (bicyclic) bond motifs is 1. The predicted molar refractivity (Wildman–Crippen MR) is 101 cm³/mol. The summed E-state index contributed by atoms with van der Waals surface area (Å²) in [5, 5.41) is 2.23. The molecular weight excluding hydrogens is 352 g/mol. The Morgan fingerprint density at radius 2 is 1.88 bits per heavy atom. The Balaban J connectivity index is 1.75. The summed E-state index contributed by atoms with van der Waals surface area (Å²) in [6.45, 7) is 4.97. The van der Waals surface area contributed by atoms with Gasteiger partial charge in [0.05, 0.1) is 5.25 Å². The molecule has 1 saturated heterocycles. The Kier molecular flexibility index (Phi) is 6.19. The van der Waals surface area contributed by atoms with Crippen LogP contribution in [0.5, 0.6) is 0 Å². The van der Waals surface area contributed by atoms with Crippen molar-refractivity contribution >= 4 is 16.1 Å². The van der Waals surface area contributed by atoms with Crippen LogP contribution in [0.4, 0.5) is 4.79 Å². The molecule has 0 atom stereocenters. The topological polar surface area (TPSA) is 84.5 Å². The highest BCUT2D eigenvalue weighted by Gasteiger charge is 2.30. The first-order chi connectivity index (χ1) is 12.5. The summed E-state index contributed by atoms with van der Waals surface area (Å²) in [4.78, 5) is 12.5. The van der Waals surface area contributed by atoms with Crippen LogP contribution in [0.15, 0.2) is 35.1 Å². The molecule has 0 aromatic heterocycles. The quantitative estimate of drug-likeness (QED) is 0.787. The molecule has 0 spiro atoms. The van der Waals surface area contributed by atoms with Crippen molar-refractivity contribution in [2.45, 2.75) is 63.0 Å². The Labute approximate surface area is 155 Å². The number of nitrogens with one attached hydrogen (secondary N) is 2. The molecule has 0 aromatic rings. The highest BCUT2D eigenvalue weighted by molar-refractivity contribution is 7.90. The Morgan fingerprint density at radius 3 is 2.65 bits per heavy atom. The van der Waals surface area contributed by atoms with E-state index >= 15 is 0 Å². The predicted octanol–water partition coefficient (Wildman–Crippen LogP) is 3.29. The van der Waals surface area contributed by atoms with Gasteiger partial charge in [-0.2, -0.15) is 0 Å². The van der Waals surface area contributed by atoms with Gasteiger partial charge in [0.1, 0.15) is 0 Å². The van der Waals surface area contributed by atoms with Crippen LogP contribution in [-0.4, -0.2) is 32.9 Å². The first-order valence-electron chi connectivity index (χ1n) is 9.48. The van der Waals surface area contributed by atoms with Gasteiger partial charge >= 0.3 is 6.03 Å². The molecule has 3 aliphatic rings. The summed E-state index contributed by atoms with van der Waals surface area (Å²) in [6, 6.07) is -0.689. The number of rotatable bonds is 3. The van der Waals surface area contributed by atoms with E-state index in [9.17, 15) is 13.2 Å². The number of carbonyl (C=O) groups excluding carboxylic acids is 1. The monoisotopic (exact) mass is 380 g/mol. The lowest BCUT2D eigenvalue weighted by Crippen LogP contribution is -2.45. The van der Waals surface area contributed by atoms with Crippen molar-refractivity contribution < 1.29 is 17.9 Å². The van der Waals surface area contributed by atoms with Crippen molar-refractivity contribution in [3.63, 3.8) is 0 Å². The molecule has 2 amide bonds. The number of allylic oxidation sites excluding steroid dienone is 4. The van der Waals surface area contributed by atoms with Crippen molar-refractivity contribution in [3.05, 3.63) is 35.1 Å². The summed E-state index contributed by atoms with van der Waals surface area (Å²) >= 11 is 0. The fraction of sp³-hybridized carbons (Fsp3) is 0.632. The van der Waals surface area contributed by atoms with Gasteiger partial charge in [-0.05, 0) is 74.5 Å². The van der Waals surface area contributed by atoms with Gasteiger partial charge in [-0.1, -0.05) is 12.7 Å². The van der Waals surface area contributed by atoms with Crippen LogP contribution in [0.3, 0.4) is 0 Å². The molecular formula is C19H28N2O4S. The van der Waals surface area contributed by atoms with Crippen LogP contribution in [0.1, 0.15) is 57.8 Å². The maximum atomic E-state index is 12.5. The molecule has 0 bridgehead atoms. The van der Waals surface area contributed by atoms with Crippen LogP contribution in [0, 0.1) is 0 Å². The van der Waals surface area contributed by atoms with E-state index < -0.39 is 21.3 Å². The molecule has 1 aliphatic heterocycles. The zero-order valence-corrected chi connectivity index (χ0v) is 16.0. The lowest BCUT2D eigenvalue weighted by molar-refractivity contribution is 0.0982. The molecule has 2 fully saturated rings. The standard InChI is InChI=1S/C19H28N2O4S/c1-14-6-3-2-4-7-15-8-5-9-17(15)18(14)20-19(22)21-26(23,24)16-10-12-25-13-11-16/h7,16H,1-6,8-13H2,(H2,20,21,22)/b15-7-,18-17+. The lowest BCUT2D eigenvalue weighted by Gasteiger charge is -2.23. The highest BCUT2D eigenvalue weighted by Crippen LogP contribution is 2.36. The third-order valence-electron chi connectivity index (χ3n) is 5.32. The summed E-state index contributed by atoms with van der Waals surface area (Å²) in [5.74, 6) is 0. The number of hydrogen-bond acceptors (Lipinski definition) is 4. The first kappa shape index (κ1) is 19.2. The van der Waals surface area contributed by atoms with Gasteiger partial charge in [-0.25, -0.2) is 17.9 Å². The van der Waals surface area contributed by atoms with Gasteiger partial charge in [0.15, 0.2) is 0 Å². The molecule has 26 heavy (non-hydrogen) atoms. The van der Waals surface area contributed by atoms with Gasteiger partial charge < -0.3 is 10.1 Å². The third-order valence-corrected chi connectivity index (χ3v) is 7.14.